The van der Waals surface area contributed by atoms with Gasteiger partial charge in [-0.25, -0.2) is 18.4 Å². The maximum atomic E-state index is 13.2. The van der Waals surface area contributed by atoms with Gasteiger partial charge in [0.2, 0.25) is 11.8 Å². The maximum absolute atomic E-state index is 13.2. The van der Waals surface area contributed by atoms with Crippen LogP contribution in [0.1, 0.15) is 18.1 Å². The van der Waals surface area contributed by atoms with E-state index in [9.17, 15) is 18.0 Å². The number of methoxy groups -OCH3 is 1. The van der Waals surface area contributed by atoms with Crippen LogP contribution in [0.5, 0.6) is 5.88 Å². The van der Waals surface area contributed by atoms with Crippen molar-refractivity contribution >= 4 is 32.5 Å². The highest BCUT2D eigenvalue weighted by Crippen LogP contribution is 2.31. The first kappa shape index (κ1) is 26.8. The van der Waals surface area contributed by atoms with Crippen LogP contribution < -0.4 is 20.3 Å². The van der Waals surface area contributed by atoms with Gasteiger partial charge >= 0.3 is 0 Å². The molecule has 1 amide bonds. The van der Waals surface area contributed by atoms with Crippen molar-refractivity contribution in [2.45, 2.75) is 32.2 Å². The zero-order chi connectivity index (χ0) is 27.6. The Morgan fingerprint density at radius 3 is 2.53 bits per heavy atom. The fourth-order valence-corrected chi connectivity index (χ4v) is 5.52. The van der Waals surface area contributed by atoms with Crippen molar-refractivity contribution in [3.8, 4) is 17.0 Å². The van der Waals surface area contributed by atoms with Crippen LogP contribution >= 0.6 is 0 Å². The smallest absolute Gasteiger partial charge is 0.262 e. The van der Waals surface area contributed by atoms with Crippen molar-refractivity contribution in [1.82, 2.24) is 19.9 Å². The fraction of sp³-hybridized carbons (Fsp3) is 0.259. The number of aryl methyl sites for hydroxylation is 2. The van der Waals surface area contributed by atoms with E-state index in [2.05, 4.69) is 20.0 Å². The van der Waals surface area contributed by atoms with Gasteiger partial charge in [-0.2, -0.15) is 0 Å². The van der Waals surface area contributed by atoms with Crippen molar-refractivity contribution in [1.29, 1.82) is 0 Å². The molecule has 2 aromatic carbocycles. The number of benzene rings is 2. The molecule has 38 heavy (non-hydrogen) atoms. The molecule has 0 fully saturated rings. The number of nitrogens with one attached hydrogen (secondary N) is 2. The largest absolute Gasteiger partial charge is 0.480 e. The number of fused-ring (bicyclic) bond motifs is 1. The molecule has 0 aliphatic rings. The van der Waals surface area contributed by atoms with E-state index in [4.69, 9.17) is 4.74 Å². The zero-order valence-corrected chi connectivity index (χ0v) is 22.6. The molecule has 4 aromatic rings. The highest BCUT2D eigenvalue weighted by molar-refractivity contribution is 7.92. The summed E-state index contributed by atoms with van der Waals surface area (Å²) < 4.78 is 35.7. The van der Waals surface area contributed by atoms with Crippen molar-refractivity contribution in [3.63, 3.8) is 0 Å². The standard InChI is InChI=1S/C27H29N5O5S/c1-16-6-9-24(17(2)10-16)38(35,36)31-23-12-20(13-29-26(23)37-5)19-7-8-22-21(11-19)27(34)32(15-30-22)14-18(3)25(33)28-4/h6-13,15,18,31H,14H2,1-5H3,(H,28,33)/t18-/m0/s1. The van der Waals surface area contributed by atoms with E-state index >= 15 is 0 Å². The Balaban J connectivity index is 1.73. The molecule has 2 aromatic heterocycles. The lowest BCUT2D eigenvalue weighted by atomic mass is 10.0. The van der Waals surface area contributed by atoms with Gasteiger partial charge < -0.3 is 10.1 Å². The van der Waals surface area contributed by atoms with E-state index in [1.807, 2.05) is 6.92 Å². The van der Waals surface area contributed by atoms with Crippen LogP contribution in [-0.2, 0) is 21.4 Å². The van der Waals surface area contributed by atoms with Gasteiger partial charge in [-0.15, -0.1) is 0 Å². The third-order valence-corrected chi connectivity index (χ3v) is 7.76. The molecule has 0 saturated carbocycles. The van der Waals surface area contributed by atoms with Gasteiger partial charge in [0.1, 0.15) is 5.69 Å². The number of aromatic nitrogens is 3. The van der Waals surface area contributed by atoms with Crippen LogP contribution in [0.3, 0.4) is 0 Å². The summed E-state index contributed by atoms with van der Waals surface area (Å²) >= 11 is 0. The van der Waals surface area contributed by atoms with E-state index in [1.54, 1.807) is 63.4 Å². The number of hydrogen-bond acceptors (Lipinski definition) is 7. The summed E-state index contributed by atoms with van der Waals surface area (Å²) in [6.07, 6.45) is 2.97. The number of carbonyl (C=O) groups excluding carboxylic acids is 1. The lowest BCUT2D eigenvalue weighted by molar-refractivity contribution is -0.124. The molecule has 0 aliphatic carbocycles. The summed E-state index contributed by atoms with van der Waals surface area (Å²) in [6.45, 7) is 5.54. The number of ether oxygens (including phenoxy) is 1. The summed E-state index contributed by atoms with van der Waals surface area (Å²) in [6, 6.07) is 11.9. The average molecular weight is 536 g/mol. The molecule has 11 heteroatoms. The quantitative estimate of drug-likeness (QED) is 0.354. The van der Waals surface area contributed by atoms with Crippen molar-refractivity contribution in [3.05, 3.63) is 76.5 Å². The maximum Gasteiger partial charge on any atom is 0.262 e. The number of nitrogens with zero attached hydrogens (tertiary/aromatic N) is 3. The molecule has 198 valence electrons. The van der Waals surface area contributed by atoms with Crippen LogP contribution in [0.25, 0.3) is 22.0 Å². The molecular formula is C27H29N5O5S. The van der Waals surface area contributed by atoms with Crippen LogP contribution in [-0.4, -0.2) is 43.0 Å². The molecule has 1 atom stereocenters. The van der Waals surface area contributed by atoms with Crippen LogP contribution in [0.2, 0.25) is 0 Å². The highest BCUT2D eigenvalue weighted by atomic mass is 32.2. The SMILES string of the molecule is CNC(=O)[C@@H](C)Cn1cnc2ccc(-c3cnc(OC)c(NS(=O)(=O)c4ccc(C)cc4C)c3)cc2c1=O. The van der Waals surface area contributed by atoms with Gasteiger partial charge in [-0.1, -0.05) is 30.7 Å². The minimum absolute atomic E-state index is 0.107. The van der Waals surface area contributed by atoms with Crippen molar-refractivity contribution < 1.29 is 17.9 Å². The summed E-state index contributed by atoms with van der Waals surface area (Å²) in [5, 5.41) is 2.94. The van der Waals surface area contributed by atoms with E-state index in [0.29, 0.717) is 27.6 Å². The molecule has 10 nitrogen and oxygen atoms in total. The molecule has 0 aliphatic heterocycles. The summed E-state index contributed by atoms with van der Waals surface area (Å²) in [4.78, 5) is 33.9. The molecule has 0 spiro atoms. The van der Waals surface area contributed by atoms with Crippen molar-refractivity contribution in [2.24, 2.45) is 5.92 Å². The first-order valence-corrected chi connectivity index (χ1v) is 13.4. The lowest BCUT2D eigenvalue weighted by Crippen LogP contribution is -2.32. The second-order valence-corrected chi connectivity index (χ2v) is 10.8. The molecule has 4 rings (SSSR count). The Bertz CT molecular complexity index is 1700. The van der Waals surface area contributed by atoms with E-state index in [0.717, 1.165) is 5.56 Å². The second-order valence-electron chi connectivity index (χ2n) is 9.10. The number of sulfonamides is 1. The van der Waals surface area contributed by atoms with Gasteiger partial charge in [0, 0.05) is 25.4 Å². The van der Waals surface area contributed by atoms with Gasteiger partial charge in [-0.05, 0) is 49.2 Å². The minimum Gasteiger partial charge on any atom is -0.480 e. The Hall–Kier alpha value is -4.25. The topological polar surface area (TPSA) is 132 Å². The van der Waals surface area contributed by atoms with Gasteiger partial charge in [-0.3, -0.25) is 18.9 Å². The predicted octanol–water partition coefficient (Wildman–Crippen LogP) is 3.27. The molecular weight excluding hydrogens is 506 g/mol. The number of amides is 1. The number of carbonyl (C=O) groups is 1. The van der Waals surface area contributed by atoms with E-state index in [-0.39, 0.29) is 34.5 Å². The Morgan fingerprint density at radius 2 is 1.84 bits per heavy atom. The van der Waals surface area contributed by atoms with E-state index < -0.39 is 15.9 Å². The summed E-state index contributed by atoms with van der Waals surface area (Å²) in [5.74, 6) is -0.486. The number of hydrogen-bond donors (Lipinski definition) is 2. The van der Waals surface area contributed by atoms with Gasteiger partial charge in [0.05, 0.1) is 35.2 Å². The zero-order valence-electron chi connectivity index (χ0n) is 21.8. The first-order valence-electron chi connectivity index (χ1n) is 11.9. The monoisotopic (exact) mass is 535 g/mol. The molecule has 0 unspecified atom stereocenters. The Labute approximate surface area is 220 Å². The van der Waals surface area contributed by atoms with Crippen LogP contribution in [0, 0.1) is 19.8 Å². The minimum atomic E-state index is -3.93. The molecule has 0 radical (unpaired) electrons. The highest BCUT2D eigenvalue weighted by Gasteiger charge is 2.20. The second kappa shape index (κ2) is 10.6. The molecule has 2 N–H and O–H groups in total. The third kappa shape index (κ3) is 5.37. The van der Waals surface area contributed by atoms with Crippen molar-refractivity contribution in [2.75, 3.05) is 18.9 Å². The van der Waals surface area contributed by atoms with Gasteiger partial charge in [0.25, 0.3) is 15.6 Å². The van der Waals surface area contributed by atoms with E-state index in [1.165, 1.54) is 24.2 Å². The lowest BCUT2D eigenvalue weighted by Gasteiger charge is -2.15. The fourth-order valence-electron chi connectivity index (χ4n) is 4.24. The molecule has 0 saturated heterocycles. The normalized spacial score (nSPS) is 12.2. The third-order valence-electron chi connectivity index (χ3n) is 6.23. The van der Waals surface area contributed by atoms with Gasteiger partial charge in [0.15, 0.2) is 0 Å². The Morgan fingerprint density at radius 1 is 1.08 bits per heavy atom. The number of anilines is 1. The number of pyridine rings is 1. The summed E-state index contributed by atoms with van der Waals surface area (Å²) in [5.41, 5.74) is 3.15. The first-order chi connectivity index (χ1) is 18.0. The molecule has 2 heterocycles. The Kier molecular flexibility index (Phi) is 7.49. The summed E-state index contributed by atoms with van der Waals surface area (Å²) in [7, 11) is -0.975. The predicted molar refractivity (Wildman–Crippen MR) is 146 cm³/mol. The van der Waals surface area contributed by atoms with Crippen LogP contribution in [0.15, 0.2) is 64.7 Å². The average Bonchev–Trinajstić information content (AvgIpc) is 2.89. The number of rotatable bonds is 8. The van der Waals surface area contributed by atoms with Crippen LogP contribution in [0.4, 0.5) is 5.69 Å². The molecule has 0 bridgehead atoms.